The van der Waals surface area contributed by atoms with Crippen molar-refractivity contribution in [2.24, 2.45) is 5.73 Å². The van der Waals surface area contributed by atoms with Crippen LogP contribution in [0.3, 0.4) is 0 Å². The lowest BCUT2D eigenvalue weighted by Gasteiger charge is -2.18. The van der Waals surface area contributed by atoms with Gasteiger partial charge in [-0.2, -0.15) is 0 Å². The van der Waals surface area contributed by atoms with Gasteiger partial charge in [0.1, 0.15) is 11.8 Å². The lowest BCUT2D eigenvalue weighted by molar-refractivity contribution is -0.129. The second kappa shape index (κ2) is 10.9. The molecule has 4 aromatic carbocycles. The van der Waals surface area contributed by atoms with E-state index in [0.29, 0.717) is 16.8 Å². The molecule has 0 radical (unpaired) electrons. The largest absolute Gasteiger partial charge is 0.384 e. The standard InChI is InChI=1S/C29H26N4O2/c30-27(31)22-15-17-24(18-16-22)33-29(35)26(21-11-5-2-6-12-21)28(34)32-19-23-13-7-8-14-25(23)20-9-3-1-4-10-20/h1-18,26H,19H2,(H3,30,31)(H,32,34)(H,33,35). The maximum atomic E-state index is 13.3. The van der Waals surface area contributed by atoms with Crippen molar-refractivity contribution in [3.05, 3.63) is 126 Å². The number of nitrogens with one attached hydrogen (secondary N) is 3. The Morgan fingerprint density at radius 3 is 2.00 bits per heavy atom. The quantitative estimate of drug-likeness (QED) is 0.173. The highest BCUT2D eigenvalue weighted by molar-refractivity contribution is 6.11. The van der Waals surface area contributed by atoms with Crippen molar-refractivity contribution in [2.45, 2.75) is 12.5 Å². The van der Waals surface area contributed by atoms with Crippen LogP contribution in [0.4, 0.5) is 5.69 Å². The van der Waals surface area contributed by atoms with Crippen LogP contribution < -0.4 is 16.4 Å². The zero-order valence-electron chi connectivity index (χ0n) is 19.1. The minimum atomic E-state index is -1.03. The van der Waals surface area contributed by atoms with Gasteiger partial charge in [-0.15, -0.1) is 0 Å². The van der Waals surface area contributed by atoms with Crippen molar-refractivity contribution in [1.82, 2.24) is 5.32 Å². The molecule has 1 unspecified atom stereocenters. The first kappa shape index (κ1) is 23.4. The molecular weight excluding hydrogens is 436 g/mol. The van der Waals surface area contributed by atoms with Crippen molar-refractivity contribution in [3.63, 3.8) is 0 Å². The fraction of sp³-hybridized carbons (Fsp3) is 0.0690. The van der Waals surface area contributed by atoms with Gasteiger partial charge in [0.15, 0.2) is 0 Å². The van der Waals surface area contributed by atoms with Crippen molar-refractivity contribution in [2.75, 3.05) is 5.32 Å². The summed E-state index contributed by atoms with van der Waals surface area (Å²) in [6.45, 7) is 0.286. The molecule has 35 heavy (non-hydrogen) atoms. The van der Waals surface area contributed by atoms with Crippen molar-refractivity contribution in [3.8, 4) is 11.1 Å². The van der Waals surface area contributed by atoms with Crippen LogP contribution in [0, 0.1) is 5.41 Å². The third kappa shape index (κ3) is 5.81. The number of rotatable bonds is 8. The number of hydrogen-bond acceptors (Lipinski definition) is 3. The van der Waals surface area contributed by atoms with Crippen LogP contribution in [-0.4, -0.2) is 17.6 Å². The molecule has 0 spiro atoms. The Bertz CT molecular complexity index is 1320. The molecule has 0 aliphatic carbocycles. The third-order valence-corrected chi connectivity index (χ3v) is 5.68. The number of hydrogen-bond donors (Lipinski definition) is 4. The zero-order valence-corrected chi connectivity index (χ0v) is 19.1. The molecule has 6 nitrogen and oxygen atoms in total. The molecule has 0 aromatic heterocycles. The summed E-state index contributed by atoms with van der Waals surface area (Å²) in [5, 5.41) is 13.3. The summed E-state index contributed by atoms with van der Waals surface area (Å²) in [6.07, 6.45) is 0. The van der Waals surface area contributed by atoms with Gasteiger partial charge < -0.3 is 16.4 Å². The number of carbonyl (C=O) groups is 2. The molecule has 0 fully saturated rings. The molecule has 0 aliphatic heterocycles. The van der Waals surface area contributed by atoms with E-state index < -0.39 is 17.7 Å². The van der Waals surface area contributed by atoms with E-state index in [1.165, 1.54) is 0 Å². The van der Waals surface area contributed by atoms with Crippen LogP contribution in [-0.2, 0) is 16.1 Å². The van der Waals surface area contributed by atoms with Crippen LogP contribution in [0.25, 0.3) is 11.1 Å². The molecule has 174 valence electrons. The summed E-state index contributed by atoms with van der Waals surface area (Å²) >= 11 is 0. The molecule has 4 rings (SSSR count). The molecule has 5 N–H and O–H groups in total. The average Bonchev–Trinajstić information content (AvgIpc) is 2.89. The van der Waals surface area contributed by atoms with Gasteiger partial charge in [0.25, 0.3) is 0 Å². The summed E-state index contributed by atoms with van der Waals surface area (Å²) < 4.78 is 0. The smallest absolute Gasteiger partial charge is 0.241 e. The molecule has 6 heteroatoms. The first-order chi connectivity index (χ1) is 17.0. The topological polar surface area (TPSA) is 108 Å². The number of nitrogens with two attached hydrogens (primary N) is 1. The van der Waals surface area contributed by atoms with Crippen LogP contribution in [0.1, 0.15) is 22.6 Å². The summed E-state index contributed by atoms with van der Waals surface area (Å²) in [5.41, 5.74) is 10.2. The molecular formula is C29H26N4O2. The Kier molecular flexibility index (Phi) is 7.33. The lowest BCUT2D eigenvalue weighted by atomic mass is 9.96. The average molecular weight is 463 g/mol. The first-order valence-corrected chi connectivity index (χ1v) is 11.2. The highest BCUT2D eigenvalue weighted by atomic mass is 16.2. The second-order valence-electron chi connectivity index (χ2n) is 8.06. The number of nitrogen functional groups attached to an aromatic ring is 1. The number of amides is 2. The molecule has 0 heterocycles. The van der Waals surface area contributed by atoms with Gasteiger partial charge in [0.2, 0.25) is 11.8 Å². The zero-order chi connectivity index (χ0) is 24.6. The molecule has 1 atom stereocenters. The predicted molar refractivity (Wildman–Crippen MR) is 139 cm³/mol. The summed E-state index contributed by atoms with van der Waals surface area (Å²) in [6, 6.07) is 33.4. The van der Waals surface area contributed by atoms with Crippen molar-refractivity contribution >= 4 is 23.3 Å². The molecule has 0 saturated heterocycles. The van der Waals surface area contributed by atoms with Crippen LogP contribution in [0.5, 0.6) is 0 Å². The Morgan fingerprint density at radius 1 is 0.743 bits per heavy atom. The van der Waals surface area contributed by atoms with E-state index in [9.17, 15) is 9.59 Å². The first-order valence-electron chi connectivity index (χ1n) is 11.2. The van der Waals surface area contributed by atoms with E-state index in [2.05, 4.69) is 10.6 Å². The maximum absolute atomic E-state index is 13.3. The van der Waals surface area contributed by atoms with E-state index in [1.807, 2.05) is 60.7 Å². The summed E-state index contributed by atoms with van der Waals surface area (Å²) in [5.74, 6) is -1.93. The minimum Gasteiger partial charge on any atom is -0.384 e. The molecule has 4 aromatic rings. The van der Waals surface area contributed by atoms with Gasteiger partial charge in [-0.3, -0.25) is 15.0 Å². The number of anilines is 1. The fourth-order valence-electron chi connectivity index (χ4n) is 3.87. The van der Waals surface area contributed by atoms with E-state index in [0.717, 1.165) is 16.7 Å². The molecule has 0 bridgehead atoms. The van der Waals surface area contributed by atoms with Gasteiger partial charge >= 0.3 is 0 Å². The van der Waals surface area contributed by atoms with E-state index >= 15 is 0 Å². The maximum Gasteiger partial charge on any atom is 0.241 e. The Morgan fingerprint density at radius 2 is 1.34 bits per heavy atom. The molecule has 0 saturated carbocycles. The van der Waals surface area contributed by atoms with E-state index in [1.54, 1.807) is 48.5 Å². The molecule has 2 amide bonds. The van der Waals surface area contributed by atoms with Gasteiger partial charge in [-0.25, -0.2) is 0 Å². The van der Waals surface area contributed by atoms with Crippen LogP contribution in [0.15, 0.2) is 109 Å². The Labute approximate surface area is 204 Å². The van der Waals surface area contributed by atoms with Crippen LogP contribution >= 0.6 is 0 Å². The van der Waals surface area contributed by atoms with Gasteiger partial charge in [0, 0.05) is 17.8 Å². The lowest BCUT2D eigenvalue weighted by Crippen LogP contribution is -2.36. The predicted octanol–water partition coefficient (Wildman–Crippen LogP) is 4.68. The number of benzene rings is 4. The van der Waals surface area contributed by atoms with Gasteiger partial charge in [-0.1, -0.05) is 84.9 Å². The summed E-state index contributed by atoms with van der Waals surface area (Å²) in [4.78, 5) is 26.6. The van der Waals surface area contributed by atoms with E-state index in [-0.39, 0.29) is 12.4 Å². The highest BCUT2D eigenvalue weighted by Gasteiger charge is 2.28. The van der Waals surface area contributed by atoms with Crippen LogP contribution in [0.2, 0.25) is 0 Å². The third-order valence-electron chi connectivity index (χ3n) is 5.68. The monoisotopic (exact) mass is 462 g/mol. The number of carbonyl (C=O) groups excluding carboxylic acids is 2. The summed E-state index contributed by atoms with van der Waals surface area (Å²) in [7, 11) is 0. The van der Waals surface area contributed by atoms with Crippen molar-refractivity contribution in [1.29, 1.82) is 5.41 Å². The normalized spacial score (nSPS) is 11.3. The highest BCUT2D eigenvalue weighted by Crippen LogP contribution is 2.24. The Balaban J connectivity index is 1.53. The van der Waals surface area contributed by atoms with Gasteiger partial charge in [0.05, 0.1) is 0 Å². The molecule has 0 aliphatic rings. The SMILES string of the molecule is N=C(N)c1ccc(NC(=O)C(C(=O)NCc2ccccc2-c2ccccc2)c2ccccc2)cc1. The van der Waals surface area contributed by atoms with Gasteiger partial charge in [-0.05, 0) is 46.5 Å². The van der Waals surface area contributed by atoms with Crippen molar-refractivity contribution < 1.29 is 9.59 Å². The number of amidine groups is 1. The second-order valence-corrected chi connectivity index (χ2v) is 8.06. The Hall–Kier alpha value is -4.71. The fourth-order valence-corrected chi connectivity index (χ4v) is 3.87. The van der Waals surface area contributed by atoms with E-state index in [4.69, 9.17) is 11.1 Å². The minimum absolute atomic E-state index is 0.0554.